The summed E-state index contributed by atoms with van der Waals surface area (Å²) in [7, 11) is 0. The molecule has 1 aromatic carbocycles. The highest BCUT2D eigenvalue weighted by atomic mass is 35.5. The molecule has 9 nitrogen and oxygen atoms in total. The van der Waals surface area contributed by atoms with Gasteiger partial charge in [0.25, 0.3) is 0 Å². The molecule has 1 saturated carbocycles. The van der Waals surface area contributed by atoms with E-state index in [2.05, 4.69) is 21.2 Å². The molecule has 2 unspecified atom stereocenters. The molecule has 3 fully saturated rings. The molecule has 7 N–H and O–H groups in total. The number of nitrogens with one attached hydrogen (secondary N) is 3. The SMILES string of the molecule is NC(N)=N[C@@H](C(=O)NCC(=O)N1CCC(C2CC(c3cccc(Cl)c3Cl)NN2)CC1)C1CCCCC1. The quantitative estimate of drug-likeness (QED) is 0.267. The molecule has 0 radical (unpaired) electrons. The molecular weight excluding hydrogens is 501 g/mol. The number of aliphatic imine (C=N–C) groups is 1. The standard InChI is InChI=1S/C25H37Cl2N7O2/c26-18-8-4-7-17(22(18)27)20-13-19(32-33-20)15-9-11-34(12-10-15)21(35)14-30-24(36)23(31-25(28)29)16-5-2-1-3-6-16/h4,7-8,15-16,19-20,23,32-33H,1-3,5-6,9-14H2,(H,30,36)(H4,28,29,31)/t19?,20?,23-/m1/s1. The van der Waals surface area contributed by atoms with Crippen LogP contribution in [0.3, 0.4) is 0 Å². The van der Waals surface area contributed by atoms with E-state index >= 15 is 0 Å². The number of rotatable bonds is 7. The summed E-state index contributed by atoms with van der Waals surface area (Å²) in [6.45, 7) is 1.30. The highest BCUT2D eigenvalue weighted by molar-refractivity contribution is 6.42. The van der Waals surface area contributed by atoms with Crippen molar-refractivity contribution in [1.82, 2.24) is 21.1 Å². The van der Waals surface area contributed by atoms with Gasteiger partial charge in [-0.3, -0.25) is 15.0 Å². The van der Waals surface area contributed by atoms with E-state index in [4.69, 9.17) is 34.7 Å². The zero-order chi connectivity index (χ0) is 25.7. The predicted octanol–water partition coefficient (Wildman–Crippen LogP) is 2.48. The monoisotopic (exact) mass is 537 g/mol. The van der Waals surface area contributed by atoms with Crippen LogP contribution in [0.2, 0.25) is 10.0 Å². The molecule has 3 aliphatic rings. The van der Waals surface area contributed by atoms with Gasteiger partial charge in [-0.2, -0.15) is 0 Å². The number of carbonyl (C=O) groups is 2. The molecule has 2 saturated heterocycles. The number of hydrogen-bond donors (Lipinski definition) is 5. The number of carbonyl (C=O) groups excluding carboxylic acids is 2. The van der Waals surface area contributed by atoms with Crippen molar-refractivity contribution in [2.45, 2.75) is 69.5 Å². The third-order valence-corrected chi connectivity index (χ3v) is 8.65. The van der Waals surface area contributed by atoms with E-state index in [9.17, 15) is 9.59 Å². The number of hydrogen-bond acceptors (Lipinski definition) is 5. The van der Waals surface area contributed by atoms with Gasteiger partial charge in [0.15, 0.2) is 5.96 Å². The second-order valence-electron chi connectivity index (χ2n) is 10.2. The fourth-order valence-corrected chi connectivity index (χ4v) is 6.24. The zero-order valence-corrected chi connectivity index (χ0v) is 22.0. The molecule has 2 heterocycles. The summed E-state index contributed by atoms with van der Waals surface area (Å²) < 4.78 is 0. The first-order valence-electron chi connectivity index (χ1n) is 12.9. The molecule has 198 valence electrons. The second-order valence-corrected chi connectivity index (χ2v) is 10.9. The number of nitrogens with two attached hydrogens (primary N) is 2. The highest BCUT2D eigenvalue weighted by Crippen LogP contribution is 2.36. The van der Waals surface area contributed by atoms with Crippen LogP contribution >= 0.6 is 23.2 Å². The van der Waals surface area contributed by atoms with Crippen molar-refractivity contribution in [1.29, 1.82) is 0 Å². The summed E-state index contributed by atoms with van der Waals surface area (Å²) in [6, 6.07) is 5.46. The minimum atomic E-state index is -0.629. The van der Waals surface area contributed by atoms with E-state index in [1.165, 1.54) is 6.42 Å². The van der Waals surface area contributed by atoms with Crippen molar-refractivity contribution in [3.8, 4) is 0 Å². The Hall–Kier alpha value is -2.07. The fourth-order valence-electron chi connectivity index (χ4n) is 5.80. The molecule has 36 heavy (non-hydrogen) atoms. The van der Waals surface area contributed by atoms with Gasteiger partial charge in [-0.05, 0) is 55.6 Å². The van der Waals surface area contributed by atoms with Crippen molar-refractivity contribution >= 4 is 41.0 Å². The van der Waals surface area contributed by atoms with Gasteiger partial charge in [0, 0.05) is 25.2 Å². The first-order valence-corrected chi connectivity index (χ1v) is 13.7. The van der Waals surface area contributed by atoms with E-state index in [-0.39, 0.29) is 42.3 Å². The Labute approximate surface area is 222 Å². The van der Waals surface area contributed by atoms with Gasteiger partial charge in [-0.25, -0.2) is 10.4 Å². The molecule has 3 atom stereocenters. The number of amides is 2. The predicted molar refractivity (Wildman–Crippen MR) is 142 cm³/mol. The van der Waals surface area contributed by atoms with Gasteiger partial charge < -0.3 is 21.7 Å². The Kier molecular flexibility index (Phi) is 9.33. The first-order chi connectivity index (χ1) is 17.3. The maximum absolute atomic E-state index is 12.9. The molecule has 1 aromatic rings. The summed E-state index contributed by atoms with van der Waals surface area (Å²) in [5.74, 6) is 0.117. The van der Waals surface area contributed by atoms with Crippen LogP contribution in [0, 0.1) is 11.8 Å². The molecule has 0 spiro atoms. The van der Waals surface area contributed by atoms with Gasteiger partial charge in [-0.1, -0.05) is 54.6 Å². The second kappa shape index (κ2) is 12.4. The maximum Gasteiger partial charge on any atom is 0.245 e. The maximum atomic E-state index is 12.9. The lowest BCUT2D eigenvalue weighted by Gasteiger charge is -2.35. The van der Waals surface area contributed by atoms with Crippen LogP contribution in [0.5, 0.6) is 0 Å². The lowest BCUT2D eigenvalue weighted by Crippen LogP contribution is -2.49. The third kappa shape index (κ3) is 6.62. The average Bonchev–Trinajstić information content (AvgIpc) is 3.38. The first kappa shape index (κ1) is 27.0. The van der Waals surface area contributed by atoms with Crippen LogP contribution in [0.1, 0.15) is 63.0 Å². The summed E-state index contributed by atoms with van der Waals surface area (Å²) in [5.41, 5.74) is 18.9. The summed E-state index contributed by atoms with van der Waals surface area (Å²) in [5, 5.41) is 3.94. The van der Waals surface area contributed by atoms with Crippen LogP contribution in [-0.2, 0) is 9.59 Å². The lowest BCUT2D eigenvalue weighted by atomic mass is 9.83. The minimum absolute atomic E-state index is 0.0364. The Bertz CT molecular complexity index is 958. The highest BCUT2D eigenvalue weighted by Gasteiger charge is 2.35. The number of hydrazine groups is 1. The van der Waals surface area contributed by atoms with Crippen molar-refractivity contribution in [2.75, 3.05) is 19.6 Å². The van der Waals surface area contributed by atoms with E-state index < -0.39 is 6.04 Å². The molecule has 11 heteroatoms. The van der Waals surface area contributed by atoms with E-state index in [0.29, 0.717) is 29.1 Å². The van der Waals surface area contributed by atoms with Gasteiger partial charge in [0.05, 0.1) is 16.6 Å². The molecule has 0 bridgehead atoms. The summed E-state index contributed by atoms with van der Waals surface area (Å²) >= 11 is 12.6. The van der Waals surface area contributed by atoms with Crippen LogP contribution in [0.4, 0.5) is 0 Å². The van der Waals surface area contributed by atoms with Crippen LogP contribution in [0.25, 0.3) is 0 Å². The number of nitrogens with zero attached hydrogens (tertiary/aromatic N) is 2. The fraction of sp³-hybridized carbons (Fsp3) is 0.640. The van der Waals surface area contributed by atoms with Crippen LogP contribution in [-0.4, -0.2) is 54.4 Å². The molecule has 4 rings (SSSR count). The number of guanidine groups is 1. The normalized spacial score (nSPS) is 24.3. The van der Waals surface area contributed by atoms with E-state index in [0.717, 1.165) is 50.5 Å². The number of piperidine rings is 1. The number of benzene rings is 1. The molecule has 2 aliphatic heterocycles. The number of halogens is 2. The minimum Gasteiger partial charge on any atom is -0.370 e. The van der Waals surface area contributed by atoms with Crippen molar-refractivity contribution < 1.29 is 9.59 Å². The van der Waals surface area contributed by atoms with Gasteiger partial charge in [0.1, 0.15) is 6.04 Å². The largest absolute Gasteiger partial charge is 0.370 e. The van der Waals surface area contributed by atoms with Crippen molar-refractivity contribution in [3.05, 3.63) is 33.8 Å². The lowest BCUT2D eigenvalue weighted by molar-refractivity contribution is -0.134. The topological polar surface area (TPSA) is 138 Å². The van der Waals surface area contributed by atoms with Crippen molar-refractivity contribution in [2.24, 2.45) is 28.3 Å². The summed E-state index contributed by atoms with van der Waals surface area (Å²) in [6.07, 6.45) is 7.85. The van der Waals surface area contributed by atoms with Crippen molar-refractivity contribution in [3.63, 3.8) is 0 Å². The Balaban J connectivity index is 1.24. The number of likely N-dealkylation sites (tertiary alicyclic amines) is 1. The van der Waals surface area contributed by atoms with Gasteiger partial charge >= 0.3 is 0 Å². The Morgan fingerprint density at radius 1 is 1.08 bits per heavy atom. The average molecular weight is 539 g/mol. The van der Waals surface area contributed by atoms with E-state index in [1.54, 1.807) is 6.07 Å². The third-order valence-electron chi connectivity index (χ3n) is 7.82. The Morgan fingerprint density at radius 3 is 2.50 bits per heavy atom. The van der Waals surface area contributed by atoms with Gasteiger partial charge in [0.2, 0.25) is 11.8 Å². The smallest absolute Gasteiger partial charge is 0.245 e. The molecule has 2 amide bonds. The molecular formula is C25H37Cl2N7O2. The Morgan fingerprint density at radius 2 is 1.81 bits per heavy atom. The van der Waals surface area contributed by atoms with Crippen LogP contribution < -0.4 is 27.6 Å². The van der Waals surface area contributed by atoms with E-state index in [1.807, 2.05) is 17.0 Å². The zero-order valence-electron chi connectivity index (χ0n) is 20.5. The molecule has 0 aromatic heterocycles. The van der Waals surface area contributed by atoms with Gasteiger partial charge in [-0.15, -0.1) is 0 Å². The van der Waals surface area contributed by atoms with Crippen LogP contribution in [0.15, 0.2) is 23.2 Å². The molecule has 1 aliphatic carbocycles. The summed E-state index contributed by atoms with van der Waals surface area (Å²) in [4.78, 5) is 31.7.